The maximum atomic E-state index is 13.3. The largest absolute Gasteiger partial charge is 0.493 e. The quantitative estimate of drug-likeness (QED) is 0.144. The van der Waals surface area contributed by atoms with Gasteiger partial charge in [-0.3, -0.25) is 14.9 Å². The number of benzene rings is 4. The molecule has 230 valence electrons. The summed E-state index contributed by atoms with van der Waals surface area (Å²) in [5.41, 5.74) is 2.90. The molecule has 0 bridgehead atoms. The highest BCUT2D eigenvalue weighted by atomic mass is 35.5. The van der Waals surface area contributed by atoms with Crippen LogP contribution in [0.5, 0.6) is 23.0 Å². The van der Waals surface area contributed by atoms with Crippen LogP contribution in [0.2, 0.25) is 10.0 Å². The Kier molecular flexibility index (Phi) is 9.61. The van der Waals surface area contributed by atoms with Gasteiger partial charge < -0.3 is 18.9 Å². The summed E-state index contributed by atoms with van der Waals surface area (Å²) in [7, 11) is 3.00. The first kappa shape index (κ1) is 31.4. The summed E-state index contributed by atoms with van der Waals surface area (Å²) >= 11 is 12.8. The normalized spacial score (nSPS) is 13.9. The van der Waals surface area contributed by atoms with Gasteiger partial charge >= 0.3 is 6.03 Å². The van der Waals surface area contributed by atoms with Gasteiger partial charge in [0.1, 0.15) is 18.8 Å². The van der Waals surface area contributed by atoms with Gasteiger partial charge in [0.2, 0.25) is 0 Å². The fourth-order valence-electron chi connectivity index (χ4n) is 4.55. The van der Waals surface area contributed by atoms with Crippen molar-refractivity contribution in [2.75, 3.05) is 19.1 Å². The van der Waals surface area contributed by atoms with Gasteiger partial charge in [-0.25, -0.2) is 9.69 Å². The van der Waals surface area contributed by atoms with E-state index in [-0.39, 0.29) is 34.4 Å². The summed E-state index contributed by atoms with van der Waals surface area (Å²) in [6.07, 6.45) is 1.32. The van der Waals surface area contributed by atoms with Gasteiger partial charge in [-0.2, -0.15) is 0 Å². The van der Waals surface area contributed by atoms with Gasteiger partial charge in [-0.15, -0.1) is 0 Å². The molecule has 1 aliphatic heterocycles. The Balaban J connectivity index is 1.34. The molecule has 4 amide bonds. The van der Waals surface area contributed by atoms with E-state index in [0.29, 0.717) is 28.7 Å². The smallest absolute Gasteiger partial charge is 0.335 e. The number of anilines is 1. The monoisotopic (exact) mass is 646 g/mol. The van der Waals surface area contributed by atoms with E-state index < -0.39 is 17.8 Å². The number of halogens is 2. The minimum absolute atomic E-state index is 0.128. The van der Waals surface area contributed by atoms with E-state index >= 15 is 0 Å². The van der Waals surface area contributed by atoms with E-state index in [4.69, 9.17) is 42.1 Å². The van der Waals surface area contributed by atoms with Crippen LogP contribution in [-0.4, -0.2) is 32.1 Å². The summed E-state index contributed by atoms with van der Waals surface area (Å²) < 4.78 is 23.0. The Hall–Kier alpha value is -4.99. The number of hydrogen-bond acceptors (Lipinski definition) is 7. The minimum atomic E-state index is -0.881. The zero-order valence-corrected chi connectivity index (χ0v) is 26.1. The Morgan fingerprint density at radius 3 is 2.20 bits per heavy atom. The van der Waals surface area contributed by atoms with Crippen LogP contribution in [0.3, 0.4) is 0 Å². The molecule has 4 aromatic rings. The molecule has 0 aliphatic carbocycles. The number of amides is 4. The van der Waals surface area contributed by atoms with E-state index in [9.17, 15) is 14.4 Å². The minimum Gasteiger partial charge on any atom is -0.493 e. The van der Waals surface area contributed by atoms with Crippen molar-refractivity contribution in [3.05, 3.63) is 117 Å². The highest BCUT2D eigenvalue weighted by molar-refractivity contribution is 6.39. The van der Waals surface area contributed by atoms with Crippen LogP contribution in [0, 0.1) is 6.92 Å². The van der Waals surface area contributed by atoms with Gasteiger partial charge in [0.15, 0.2) is 23.0 Å². The predicted octanol–water partition coefficient (Wildman–Crippen LogP) is 7.14. The first-order valence-corrected chi connectivity index (χ1v) is 14.5. The first-order valence-electron chi connectivity index (χ1n) is 13.7. The number of urea groups is 1. The zero-order chi connectivity index (χ0) is 32.1. The van der Waals surface area contributed by atoms with Crippen LogP contribution < -0.4 is 29.2 Å². The van der Waals surface area contributed by atoms with Gasteiger partial charge in [-0.05, 0) is 71.7 Å². The number of imide groups is 2. The second-order valence-corrected chi connectivity index (χ2v) is 10.8. The van der Waals surface area contributed by atoms with E-state index in [2.05, 4.69) is 5.32 Å². The second-order valence-electron chi connectivity index (χ2n) is 9.97. The maximum Gasteiger partial charge on any atom is 0.335 e. The molecule has 0 aromatic heterocycles. The van der Waals surface area contributed by atoms with Gasteiger partial charge in [0, 0.05) is 5.02 Å². The predicted molar refractivity (Wildman–Crippen MR) is 171 cm³/mol. The van der Waals surface area contributed by atoms with Gasteiger partial charge in [-0.1, -0.05) is 65.7 Å². The van der Waals surface area contributed by atoms with Crippen molar-refractivity contribution in [3.63, 3.8) is 0 Å². The Labute approximate surface area is 269 Å². The third-order valence-electron chi connectivity index (χ3n) is 6.93. The average Bonchev–Trinajstić information content (AvgIpc) is 3.03. The molecule has 5 rings (SSSR count). The Morgan fingerprint density at radius 2 is 1.49 bits per heavy atom. The van der Waals surface area contributed by atoms with Crippen LogP contribution in [0.25, 0.3) is 6.08 Å². The van der Waals surface area contributed by atoms with Crippen LogP contribution in [-0.2, 0) is 22.8 Å². The number of methoxy groups -OCH3 is 2. The molecule has 0 unspecified atom stereocenters. The number of hydrogen-bond donors (Lipinski definition) is 1. The highest BCUT2D eigenvalue weighted by Gasteiger charge is 2.37. The first-order chi connectivity index (χ1) is 21.7. The Bertz CT molecular complexity index is 1810. The van der Waals surface area contributed by atoms with Crippen LogP contribution in [0.15, 0.2) is 84.4 Å². The van der Waals surface area contributed by atoms with Gasteiger partial charge in [0.05, 0.1) is 24.9 Å². The lowest BCUT2D eigenvalue weighted by molar-refractivity contribution is -0.122. The molecule has 1 aliphatic rings. The molecule has 0 radical (unpaired) electrons. The molecule has 0 atom stereocenters. The number of barbiturate groups is 1. The number of carbonyl (C=O) groups excluding carboxylic acids is 3. The lowest BCUT2D eigenvalue weighted by Crippen LogP contribution is -2.54. The number of rotatable bonds is 10. The molecule has 0 spiro atoms. The molecular formula is C34H28Cl2N2O7. The molecule has 1 heterocycles. The van der Waals surface area contributed by atoms with Crippen molar-refractivity contribution in [3.8, 4) is 23.0 Å². The number of carbonyl (C=O) groups is 3. The van der Waals surface area contributed by atoms with E-state index in [1.807, 2.05) is 36.4 Å². The summed E-state index contributed by atoms with van der Waals surface area (Å²) in [4.78, 5) is 39.4. The molecule has 1 saturated heterocycles. The lowest BCUT2D eigenvalue weighted by atomic mass is 10.1. The van der Waals surface area contributed by atoms with Crippen LogP contribution in [0.4, 0.5) is 10.5 Å². The topological polar surface area (TPSA) is 103 Å². The van der Waals surface area contributed by atoms with Crippen molar-refractivity contribution < 1.29 is 33.3 Å². The molecular weight excluding hydrogens is 619 g/mol. The van der Waals surface area contributed by atoms with Crippen LogP contribution in [0.1, 0.15) is 22.3 Å². The third kappa shape index (κ3) is 7.06. The molecule has 9 nitrogen and oxygen atoms in total. The summed E-state index contributed by atoms with van der Waals surface area (Å²) in [6, 6.07) is 22.2. The van der Waals surface area contributed by atoms with E-state index in [1.54, 1.807) is 44.4 Å². The molecule has 1 N–H and O–H groups in total. The zero-order valence-electron chi connectivity index (χ0n) is 24.6. The standard InChI is InChI=1S/C34H28Cl2N2O7/c1-20-9-11-24(17-26(20)35)38-33(40)25(32(39)37-34(38)41)13-23-14-27(36)31(30(16-23)43-3)45-19-22-10-12-28(29(15-22)42-2)44-18-21-7-5-4-6-8-21/h4-17H,18-19H2,1-3H3,(H,37,39,41)/b25-13+. The second kappa shape index (κ2) is 13.8. The fraction of sp³-hybridized carbons (Fsp3) is 0.147. The molecule has 0 saturated carbocycles. The number of ether oxygens (including phenoxy) is 4. The molecule has 11 heteroatoms. The third-order valence-corrected chi connectivity index (χ3v) is 7.61. The molecule has 1 fully saturated rings. The number of nitrogens with one attached hydrogen (secondary N) is 1. The fourth-order valence-corrected chi connectivity index (χ4v) is 5.00. The number of aryl methyl sites for hydroxylation is 1. The molecule has 45 heavy (non-hydrogen) atoms. The van der Waals surface area contributed by atoms with Crippen molar-refractivity contribution in [1.82, 2.24) is 5.32 Å². The van der Waals surface area contributed by atoms with E-state index in [1.165, 1.54) is 25.3 Å². The summed E-state index contributed by atoms with van der Waals surface area (Å²) in [6.45, 7) is 2.31. The highest BCUT2D eigenvalue weighted by Crippen LogP contribution is 2.38. The van der Waals surface area contributed by atoms with Crippen molar-refractivity contribution in [2.45, 2.75) is 20.1 Å². The average molecular weight is 648 g/mol. The maximum absolute atomic E-state index is 13.3. The number of nitrogens with zero attached hydrogens (tertiary/aromatic N) is 1. The van der Waals surface area contributed by atoms with E-state index in [0.717, 1.165) is 21.6 Å². The summed E-state index contributed by atoms with van der Waals surface area (Å²) in [5, 5.41) is 2.74. The SMILES string of the molecule is COc1cc(COc2c(Cl)cc(/C=C3\C(=O)NC(=O)N(c4ccc(C)c(Cl)c4)C3=O)cc2OC)ccc1OCc1ccccc1. The Morgan fingerprint density at radius 1 is 0.756 bits per heavy atom. The van der Waals surface area contributed by atoms with Gasteiger partial charge in [0.25, 0.3) is 11.8 Å². The van der Waals surface area contributed by atoms with Crippen molar-refractivity contribution >= 4 is 52.8 Å². The van der Waals surface area contributed by atoms with Crippen molar-refractivity contribution in [1.29, 1.82) is 0 Å². The van der Waals surface area contributed by atoms with Crippen molar-refractivity contribution in [2.24, 2.45) is 0 Å². The summed E-state index contributed by atoms with van der Waals surface area (Å²) in [5.74, 6) is -0.00132. The molecule has 4 aromatic carbocycles. The van der Waals surface area contributed by atoms with Crippen LogP contribution >= 0.6 is 23.2 Å². The lowest BCUT2D eigenvalue weighted by Gasteiger charge is -2.26.